The topological polar surface area (TPSA) is 89.5 Å². The number of benzene rings is 4. The molecule has 0 bridgehead atoms. The highest BCUT2D eigenvalue weighted by Crippen LogP contribution is 2.57. The molecule has 0 amide bonds. The molecule has 11 rings (SSSR count). The van der Waals surface area contributed by atoms with Crippen molar-refractivity contribution in [3.05, 3.63) is 201 Å². The number of pyridine rings is 2. The number of nitrogens with zero attached hydrogens (tertiary/aromatic N) is 2. The largest absolute Gasteiger partial charge is 0.370 e. The van der Waals surface area contributed by atoms with Crippen LogP contribution in [0.25, 0.3) is 0 Å². The Labute approximate surface area is 397 Å². The molecule has 3 fully saturated rings. The lowest BCUT2D eigenvalue weighted by Gasteiger charge is -2.47. The number of epoxide rings is 1. The van der Waals surface area contributed by atoms with Crippen LogP contribution in [0.3, 0.4) is 0 Å². The van der Waals surface area contributed by atoms with E-state index >= 15 is 0 Å². The van der Waals surface area contributed by atoms with Crippen molar-refractivity contribution in [2.75, 3.05) is 6.61 Å². The summed E-state index contributed by atoms with van der Waals surface area (Å²) in [7, 11) is 0. The maximum Gasteiger partial charge on any atom is 0.167 e. The van der Waals surface area contributed by atoms with E-state index in [1.54, 1.807) is 12.4 Å². The van der Waals surface area contributed by atoms with Crippen LogP contribution in [0, 0.1) is 25.7 Å². The molecule has 0 N–H and O–H groups in total. The van der Waals surface area contributed by atoms with Crippen molar-refractivity contribution < 1.29 is 19.1 Å². The third kappa shape index (κ3) is 9.39. The fraction of sp³-hybridized carbons (Fsp3) is 0.393. The van der Waals surface area contributed by atoms with Crippen molar-refractivity contribution in [1.82, 2.24) is 9.97 Å². The molecule has 5 aliphatic rings. The van der Waals surface area contributed by atoms with Gasteiger partial charge in [0.25, 0.3) is 0 Å². The maximum absolute atomic E-state index is 13.2. The Kier molecular flexibility index (Phi) is 12.8. The Hall–Kier alpha value is -5.85. The first-order valence-electron chi connectivity index (χ1n) is 25.0. The highest BCUT2D eigenvalue weighted by atomic mass is 16.6. The third-order valence-electron chi connectivity index (χ3n) is 16.7. The number of fused-ring (bicyclic) bond motifs is 6. The molecule has 5 atom stereocenters. The first-order chi connectivity index (χ1) is 32.6. The summed E-state index contributed by atoms with van der Waals surface area (Å²) in [5, 5.41) is 0. The van der Waals surface area contributed by atoms with Crippen molar-refractivity contribution >= 4 is 17.3 Å². The number of aryl methyl sites for hydroxylation is 4. The molecule has 1 saturated heterocycles. The van der Waals surface area contributed by atoms with Gasteiger partial charge in [0, 0.05) is 71.4 Å². The molecule has 2 saturated carbocycles. The molecule has 3 heterocycles. The lowest BCUT2D eigenvalue weighted by Crippen LogP contribution is -2.45. The Morgan fingerprint density at radius 1 is 0.597 bits per heavy atom. The Morgan fingerprint density at radius 2 is 1.10 bits per heavy atom. The predicted octanol–water partition coefficient (Wildman–Crippen LogP) is 12.2. The normalized spacial score (nSPS) is 24.9. The molecule has 6 heteroatoms. The lowest BCUT2D eigenvalue weighted by atomic mass is 9.57. The first kappa shape index (κ1) is 45.0. The molecule has 67 heavy (non-hydrogen) atoms. The molecule has 4 aromatic carbocycles. The van der Waals surface area contributed by atoms with Gasteiger partial charge in [-0.3, -0.25) is 24.4 Å². The SMILES string of the molecule is Cc1ncccc1CC(=O)c1ccc2c(c1)CCC[C@H]1CC(=O)CC[C@@]21Cc1ccccc1.Cc1ncccc1CC(=O)c1ccc2c(c1)CCC[C@H]1C[C@]3(CC[C@@]21Cc1ccccc1)CO3. The summed E-state index contributed by atoms with van der Waals surface area (Å²) in [4.78, 5) is 47.5. The van der Waals surface area contributed by atoms with Gasteiger partial charge in [0.1, 0.15) is 5.78 Å². The van der Waals surface area contributed by atoms with E-state index in [0.29, 0.717) is 43.3 Å². The van der Waals surface area contributed by atoms with E-state index in [9.17, 15) is 14.4 Å². The summed E-state index contributed by atoms with van der Waals surface area (Å²) in [5.41, 5.74) is 14.1. The minimum atomic E-state index is -0.0252. The van der Waals surface area contributed by atoms with Crippen molar-refractivity contribution in [2.24, 2.45) is 11.8 Å². The number of carbonyl (C=O) groups is 3. The highest BCUT2D eigenvalue weighted by molar-refractivity contribution is 5.98. The van der Waals surface area contributed by atoms with Gasteiger partial charge in [0.15, 0.2) is 11.6 Å². The second kappa shape index (κ2) is 19.0. The minimum Gasteiger partial charge on any atom is -0.370 e. The Morgan fingerprint density at radius 3 is 1.61 bits per heavy atom. The van der Waals surface area contributed by atoms with Crippen LogP contribution >= 0.6 is 0 Å². The van der Waals surface area contributed by atoms with Crippen LogP contribution in [0.5, 0.6) is 0 Å². The van der Waals surface area contributed by atoms with Crippen LogP contribution in [0.15, 0.2) is 134 Å². The standard InChI is InChI=1S/C31H33NO2.C30H31NO2/c1-22-24(10-6-16-32-22)18-29(33)26-12-13-28-25(17-26)9-5-11-27-20-30(21-34-30)14-15-31(27,28)19-23-7-3-2-4-8-23;1-21-23(10-6-16-31-21)18-29(33)25-12-13-28-24(17-25)9-5-11-26-19-27(32)14-15-30(26,28)20-22-7-3-2-4-8-22/h2-4,6-8,10,12-13,16-17,27H,5,9,11,14-15,18-21H2,1H3;2-4,6-8,10,12-13,16-17,26H,5,9,11,14-15,18-20H2,1H3/t27-,30+,31-;26-,30-/m00/s1. The smallest absolute Gasteiger partial charge is 0.167 e. The fourth-order valence-electron chi connectivity index (χ4n) is 12.9. The van der Waals surface area contributed by atoms with Crippen molar-refractivity contribution in [3.8, 4) is 0 Å². The van der Waals surface area contributed by atoms with E-state index in [1.165, 1.54) is 59.1 Å². The highest BCUT2D eigenvalue weighted by Gasteiger charge is 2.57. The molecule has 342 valence electrons. The summed E-state index contributed by atoms with van der Waals surface area (Å²) < 4.78 is 5.98. The van der Waals surface area contributed by atoms with E-state index in [2.05, 4.69) is 101 Å². The van der Waals surface area contributed by atoms with Crippen LogP contribution in [0.2, 0.25) is 0 Å². The number of ether oxygens (including phenoxy) is 1. The van der Waals surface area contributed by atoms with Crippen LogP contribution in [-0.2, 0) is 58.9 Å². The van der Waals surface area contributed by atoms with E-state index in [1.807, 2.05) is 44.2 Å². The van der Waals surface area contributed by atoms with Gasteiger partial charge in [-0.1, -0.05) is 97.1 Å². The van der Waals surface area contributed by atoms with Crippen molar-refractivity contribution in [1.29, 1.82) is 0 Å². The average Bonchev–Trinajstić information content (AvgIpc) is 4.15. The molecule has 6 aromatic rings. The zero-order valence-corrected chi connectivity index (χ0v) is 39.4. The number of ketones is 3. The quantitative estimate of drug-likeness (QED) is 0.101. The van der Waals surface area contributed by atoms with Gasteiger partial charge in [0.2, 0.25) is 0 Å². The van der Waals surface area contributed by atoms with E-state index in [4.69, 9.17) is 4.74 Å². The van der Waals surface area contributed by atoms with Gasteiger partial charge in [-0.2, -0.15) is 0 Å². The average molecular weight is 889 g/mol. The van der Waals surface area contributed by atoms with Gasteiger partial charge in [-0.25, -0.2) is 0 Å². The summed E-state index contributed by atoms with van der Waals surface area (Å²) in [6.07, 6.45) is 18.7. The van der Waals surface area contributed by atoms with Crippen LogP contribution in [0.4, 0.5) is 0 Å². The summed E-state index contributed by atoms with van der Waals surface area (Å²) >= 11 is 0. The summed E-state index contributed by atoms with van der Waals surface area (Å²) in [5.74, 6) is 1.74. The van der Waals surface area contributed by atoms with Crippen LogP contribution < -0.4 is 0 Å². The molecule has 0 radical (unpaired) electrons. The second-order valence-electron chi connectivity index (χ2n) is 20.7. The zero-order chi connectivity index (χ0) is 46.0. The molecular weight excluding hydrogens is 825 g/mol. The van der Waals surface area contributed by atoms with Crippen molar-refractivity contribution in [2.45, 2.75) is 133 Å². The second-order valence-corrected chi connectivity index (χ2v) is 20.7. The minimum absolute atomic E-state index is 0.0252. The van der Waals surface area contributed by atoms with Crippen LogP contribution in [0.1, 0.15) is 141 Å². The van der Waals surface area contributed by atoms with Gasteiger partial charge < -0.3 is 4.74 Å². The van der Waals surface area contributed by atoms with Crippen molar-refractivity contribution in [3.63, 3.8) is 0 Å². The fourth-order valence-corrected chi connectivity index (χ4v) is 12.9. The lowest BCUT2D eigenvalue weighted by molar-refractivity contribution is -0.123. The zero-order valence-electron chi connectivity index (χ0n) is 39.4. The monoisotopic (exact) mass is 888 g/mol. The van der Waals surface area contributed by atoms with Gasteiger partial charge in [0.05, 0.1) is 12.2 Å². The van der Waals surface area contributed by atoms with E-state index < -0.39 is 0 Å². The maximum atomic E-state index is 13.2. The number of Topliss-reactive ketones (excluding diaryl/α,β-unsaturated/α-hetero) is 3. The molecule has 0 unspecified atom stereocenters. The number of hydrogen-bond acceptors (Lipinski definition) is 6. The van der Waals surface area contributed by atoms with Gasteiger partial charge in [-0.05, 0) is 172 Å². The molecule has 4 aliphatic carbocycles. The van der Waals surface area contributed by atoms with E-state index in [0.717, 1.165) is 91.6 Å². The Balaban J connectivity index is 0.000000157. The van der Waals surface area contributed by atoms with Gasteiger partial charge >= 0.3 is 0 Å². The number of rotatable bonds is 10. The first-order valence-corrected chi connectivity index (χ1v) is 25.0. The third-order valence-corrected chi connectivity index (χ3v) is 16.7. The van der Waals surface area contributed by atoms with E-state index in [-0.39, 0.29) is 28.0 Å². The number of hydrogen-bond donors (Lipinski definition) is 0. The molecule has 1 aliphatic heterocycles. The predicted molar refractivity (Wildman–Crippen MR) is 265 cm³/mol. The Bertz CT molecular complexity index is 2780. The van der Waals surface area contributed by atoms with Gasteiger partial charge in [-0.15, -0.1) is 0 Å². The molecule has 1 spiro atoms. The van der Waals surface area contributed by atoms with Crippen LogP contribution in [-0.4, -0.2) is 39.5 Å². The number of carbonyl (C=O) groups excluding carboxylic acids is 3. The number of aromatic nitrogens is 2. The molecular formula is C61H64N2O4. The summed E-state index contributed by atoms with van der Waals surface area (Å²) in [6, 6.07) is 42.5. The molecule has 6 nitrogen and oxygen atoms in total. The summed E-state index contributed by atoms with van der Waals surface area (Å²) in [6.45, 7) is 4.88. The molecule has 2 aromatic heterocycles.